The molecule has 0 heterocycles. The monoisotopic (exact) mass is 204 g/mol. The fraction of sp³-hybridized carbons (Fsp3) is 0.900. The van der Waals surface area contributed by atoms with Crippen molar-refractivity contribution < 1.29 is 19.4 Å². The molecule has 4 nitrogen and oxygen atoms in total. The van der Waals surface area contributed by atoms with Gasteiger partial charge in [-0.2, -0.15) is 0 Å². The Hall–Kier alpha value is -0.610. The second-order valence-electron chi connectivity index (χ2n) is 3.10. The molecule has 1 N–H and O–H groups in total. The van der Waals surface area contributed by atoms with Crippen molar-refractivity contribution in [2.45, 2.75) is 39.2 Å². The Morgan fingerprint density at radius 1 is 1.21 bits per heavy atom. The Balaban J connectivity index is 3.46. The van der Waals surface area contributed by atoms with Gasteiger partial charge in [-0.1, -0.05) is 20.3 Å². The summed E-state index contributed by atoms with van der Waals surface area (Å²) in [5.74, 6) is -0.887. The van der Waals surface area contributed by atoms with Gasteiger partial charge in [0, 0.05) is 6.61 Å². The van der Waals surface area contributed by atoms with E-state index >= 15 is 0 Å². The predicted octanol–water partition coefficient (Wildman–Crippen LogP) is 1.68. The lowest BCUT2D eigenvalue weighted by Gasteiger charge is -2.12. The molecule has 4 heteroatoms. The van der Waals surface area contributed by atoms with Gasteiger partial charge >= 0.3 is 5.97 Å². The van der Waals surface area contributed by atoms with Crippen LogP contribution in [0.1, 0.15) is 33.1 Å². The SMILES string of the molecule is CCCOCCOC(CCC)C(=O)O. The van der Waals surface area contributed by atoms with Crippen molar-refractivity contribution in [1.29, 1.82) is 0 Å². The standard InChI is InChI=1S/C10H20O4/c1-3-5-9(10(11)12)14-8-7-13-6-4-2/h9H,3-8H2,1-2H3,(H,11,12). The van der Waals surface area contributed by atoms with E-state index in [0.29, 0.717) is 26.2 Å². The summed E-state index contributed by atoms with van der Waals surface area (Å²) >= 11 is 0. The minimum Gasteiger partial charge on any atom is -0.479 e. The van der Waals surface area contributed by atoms with Gasteiger partial charge in [0.15, 0.2) is 6.10 Å². The Bertz CT molecular complexity index is 147. The van der Waals surface area contributed by atoms with Crippen LogP contribution in [0, 0.1) is 0 Å². The molecule has 0 aromatic rings. The molecule has 0 aromatic carbocycles. The minimum atomic E-state index is -0.887. The van der Waals surface area contributed by atoms with Crippen LogP contribution >= 0.6 is 0 Å². The number of carbonyl (C=O) groups is 1. The van der Waals surface area contributed by atoms with Gasteiger partial charge in [0.25, 0.3) is 0 Å². The maximum Gasteiger partial charge on any atom is 0.332 e. The highest BCUT2D eigenvalue weighted by atomic mass is 16.5. The van der Waals surface area contributed by atoms with Crippen molar-refractivity contribution >= 4 is 5.97 Å². The Kier molecular flexibility index (Phi) is 8.57. The molecule has 0 saturated heterocycles. The molecule has 0 aliphatic carbocycles. The first-order chi connectivity index (χ1) is 6.72. The first-order valence-corrected chi connectivity index (χ1v) is 5.14. The molecule has 0 spiro atoms. The third-order valence-corrected chi connectivity index (χ3v) is 1.72. The van der Waals surface area contributed by atoms with Crippen LogP contribution in [-0.2, 0) is 14.3 Å². The fourth-order valence-corrected chi connectivity index (χ4v) is 1.04. The summed E-state index contributed by atoms with van der Waals surface area (Å²) < 4.78 is 10.3. The summed E-state index contributed by atoms with van der Waals surface area (Å²) in [6, 6.07) is 0. The largest absolute Gasteiger partial charge is 0.479 e. The van der Waals surface area contributed by atoms with Crippen LogP contribution in [0.2, 0.25) is 0 Å². The lowest BCUT2D eigenvalue weighted by atomic mass is 10.2. The molecule has 0 radical (unpaired) electrons. The molecule has 1 unspecified atom stereocenters. The average molecular weight is 204 g/mol. The Labute approximate surface area is 85.2 Å². The number of hydrogen-bond acceptors (Lipinski definition) is 3. The molecule has 84 valence electrons. The first-order valence-electron chi connectivity index (χ1n) is 5.14. The van der Waals surface area contributed by atoms with Crippen molar-refractivity contribution in [1.82, 2.24) is 0 Å². The molecule has 0 bridgehead atoms. The summed E-state index contributed by atoms with van der Waals surface area (Å²) in [7, 11) is 0. The van der Waals surface area contributed by atoms with Crippen LogP contribution in [0.15, 0.2) is 0 Å². The molecule has 0 fully saturated rings. The maximum atomic E-state index is 10.6. The Morgan fingerprint density at radius 2 is 1.93 bits per heavy atom. The quantitative estimate of drug-likeness (QED) is 0.580. The van der Waals surface area contributed by atoms with E-state index in [0.717, 1.165) is 12.8 Å². The van der Waals surface area contributed by atoms with E-state index in [1.807, 2.05) is 13.8 Å². The van der Waals surface area contributed by atoms with Crippen molar-refractivity contribution in [3.63, 3.8) is 0 Å². The highest BCUT2D eigenvalue weighted by Crippen LogP contribution is 2.02. The summed E-state index contributed by atoms with van der Waals surface area (Å²) in [5.41, 5.74) is 0. The molecule has 0 saturated carbocycles. The maximum absolute atomic E-state index is 10.6. The number of aliphatic carboxylic acids is 1. The zero-order valence-electron chi connectivity index (χ0n) is 8.99. The molecular weight excluding hydrogens is 184 g/mol. The van der Waals surface area contributed by atoms with Crippen LogP contribution in [-0.4, -0.2) is 37.0 Å². The van der Waals surface area contributed by atoms with E-state index in [1.165, 1.54) is 0 Å². The topological polar surface area (TPSA) is 55.8 Å². The van der Waals surface area contributed by atoms with E-state index in [4.69, 9.17) is 14.6 Å². The lowest BCUT2D eigenvalue weighted by molar-refractivity contribution is -0.151. The average Bonchev–Trinajstić information content (AvgIpc) is 2.15. The van der Waals surface area contributed by atoms with Crippen LogP contribution < -0.4 is 0 Å². The predicted molar refractivity (Wildman–Crippen MR) is 53.4 cm³/mol. The van der Waals surface area contributed by atoms with Crippen LogP contribution in [0.3, 0.4) is 0 Å². The second kappa shape index (κ2) is 8.97. The highest BCUT2D eigenvalue weighted by Gasteiger charge is 2.15. The number of rotatable bonds is 9. The number of carboxylic acids is 1. The third kappa shape index (κ3) is 6.86. The molecule has 0 aliphatic rings. The number of hydrogen-bond donors (Lipinski definition) is 1. The van der Waals surface area contributed by atoms with Crippen LogP contribution in [0.5, 0.6) is 0 Å². The van der Waals surface area contributed by atoms with Gasteiger partial charge in [-0.25, -0.2) is 4.79 Å². The van der Waals surface area contributed by atoms with Gasteiger partial charge in [-0.15, -0.1) is 0 Å². The van der Waals surface area contributed by atoms with Crippen molar-refractivity contribution in [2.75, 3.05) is 19.8 Å². The normalized spacial score (nSPS) is 12.7. The van der Waals surface area contributed by atoms with E-state index < -0.39 is 12.1 Å². The molecule has 0 amide bonds. The van der Waals surface area contributed by atoms with Crippen LogP contribution in [0.25, 0.3) is 0 Å². The van der Waals surface area contributed by atoms with Crippen molar-refractivity contribution in [3.8, 4) is 0 Å². The van der Waals surface area contributed by atoms with E-state index in [2.05, 4.69) is 0 Å². The summed E-state index contributed by atoms with van der Waals surface area (Å²) in [6.07, 6.45) is 1.66. The molecule has 0 rings (SSSR count). The van der Waals surface area contributed by atoms with E-state index in [-0.39, 0.29) is 0 Å². The lowest BCUT2D eigenvalue weighted by Crippen LogP contribution is -2.25. The van der Waals surface area contributed by atoms with Crippen molar-refractivity contribution in [2.24, 2.45) is 0 Å². The highest BCUT2D eigenvalue weighted by molar-refractivity contribution is 5.72. The summed E-state index contributed by atoms with van der Waals surface area (Å²) in [5, 5.41) is 8.74. The van der Waals surface area contributed by atoms with Gasteiger partial charge in [0.2, 0.25) is 0 Å². The molecular formula is C10H20O4. The molecule has 0 aromatic heterocycles. The molecule has 14 heavy (non-hydrogen) atoms. The Morgan fingerprint density at radius 3 is 2.43 bits per heavy atom. The van der Waals surface area contributed by atoms with Gasteiger partial charge in [-0.3, -0.25) is 0 Å². The minimum absolute atomic E-state index is 0.358. The van der Waals surface area contributed by atoms with Crippen LogP contribution in [0.4, 0.5) is 0 Å². The zero-order chi connectivity index (χ0) is 10.8. The summed E-state index contributed by atoms with van der Waals surface area (Å²) in [6.45, 7) is 5.50. The van der Waals surface area contributed by atoms with Gasteiger partial charge < -0.3 is 14.6 Å². The fourth-order valence-electron chi connectivity index (χ4n) is 1.04. The van der Waals surface area contributed by atoms with E-state index in [9.17, 15) is 4.79 Å². The first kappa shape index (κ1) is 13.4. The number of ether oxygens (including phenoxy) is 2. The third-order valence-electron chi connectivity index (χ3n) is 1.72. The summed E-state index contributed by atoms with van der Waals surface area (Å²) in [4.78, 5) is 10.6. The van der Waals surface area contributed by atoms with Crippen molar-refractivity contribution in [3.05, 3.63) is 0 Å². The molecule has 0 aliphatic heterocycles. The zero-order valence-corrected chi connectivity index (χ0v) is 8.99. The van der Waals surface area contributed by atoms with Gasteiger partial charge in [0.1, 0.15) is 0 Å². The van der Waals surface area contributed by atoms with Gasteiger partial charge in [0.05, 0.1) is 13.2 Å². The van der Waals surface area contributed by atoms with E-state index in [1.54, 1.807) is 0 Å². The number of carboxylic acid groups (broad SMARTS) is 1. The van der Waals surface area contributed by atoms with Gasteiger partial charge in [-0.05, 0) is 12.8 Å². The smallest absolute Gasteiger partial charge is 0.332 e. The second-order valence-corrected chi connectivity index (χ2v) is 3.10. The molecule has 1 atom stereocenters.